The van der Waals surface area contributed by atoms with Crippen LogP contribution in [0, 0.1) is 0 Å². The number of carbonyl (C=O) groups is 1. The minimum absolute atomic E-state index is 0.209. The average Bonchev–Trinajstić information content (AvgIpc) is 2.47. The second kappa shape index (κ2) is 6.91. The SMILES string of the molecule is CCCNc1ccccc1C(=O)Nc1cnccc1Cl. The third kappa shape index (κ3) is 3.48. The van der Waals surface area contributed by atoms with Crippen LogP contribution in [0.4, 0.5) is 11.4 Å². The van der Waals surface area contributed by atoms with Gasteiger partial charge in [0.25, 0.3) is 5.91 Å². The number of nitrogens with zero attached hydrogens (tertiary/aromatic N) is 1. The molecule has 0 atom stereocenters. The Bertz CT molecular complexity index is 601. The second-order valence-electron chi connectivity index (χ2n) is 4.28. The Morgan fingerprint density at radius 1 is 1.25 bits per heavy atom. The number of pyridine rings is 1. The zero-order valence-electron chi connectivity index (χ0n) is 11.2. The van der Waals surface area contributed by atoms with Gasteiger partial charge in [-0.2, -0.15) is 0 Å². The van der Waals surface area contributed by atoms with Gasteiger partial charge in [-0.05, 0) is 24.6 Å². The predicted molar refractivity (Wildman–Crippen MR) is 82.4 cm³/mol. The van der Waals surface area contributed by atoms with Crippen LogP contribution in [0.3, 0.4) is 0 Å². The van der Waals surface area contributed by atoms with E-state index in [4.69, 9.17) is 11.6 Å². The highest BCUT2D eigenvalue weighted by atomic mass is 35.5. The van der Waals surface area contributed by atoms with E-state index in [-0.39, 0.29) is 5.91 Å². The van der Waals surface area contributed by atoms with Crippen LogP contribution in [0.25, 0.3) is 0 Å². The molecule has 1 aromatic heterocycles. The molecule has 0 radical (unpaired) electrons. The summed E-state index contributed by atoms with van der Waals surface area (Å²) in [4.78, 5) is 16.3. The first kappa shape index (κ1) is 14.3. The number of rotatable bonds is 5. The van der Waals surface area contributed by atoms with E-state index < -0.39 is 0 Å². The van der Waals surface area contributed by atoms with Crippen LogP contribution in [0.2, 0.25) is 5.02 Å². The molecule has 2 aromatic rings. The molecule has 0 saturated carbocycles. The maximum atomic E-state index is 12.3. The van der Waals surface area contributed by atoms with Crippen LogP contribution in [0.15, 0.2) is 42.7 Å². The van der Waals surface area contributed by atoms with Crippen LogP contribution < -0.4 is 10.6 Å². The lowest BCUT2D eigenvalue weighted by Gasteiger charge is -2.12. The zero-order chi connectivity index (χ0) is 14.4. The standard InChI is InChI=1S/C15H16ClN3O/c1-2-8-18-13-6-4-3-5-11(13)15(20)19-14-10-17-9-7-12(14)16/h3-7,9-10,18H,2,8H2,1H3,(H,19,20). The first-order valence-corrected chi connectivity index (χ1v) is 6.84. The maximum absolute atomic E-state index is 12.3. The van der Waals surface area contributed by atoms with Crippen LogP contribution in [-0.4, -0.2) is 17.4 Å². The lowest BCUT2D eigenvalue weighted by atomic mass is 10.1. The van der Waals surface area contributed by atoms with Crippen molar-refractivity contribution in [2.75, 3.05) is 17.2 Å². The molecule has 0 bridgehead atoms. The van der Waals surface area contributed by atoms with Gasteiger partial charge in [0.1, 0.15) is 0 Å². The number of amides is 1. The van der Waals surface area contributed by atoms with Crippen molar-refractivity contribution < 1.29 is 4.79 Å². The molecule has 0 saturated heterocycles. The summed E-state index contributed by atoms with van der Waals surface area (Å²) in [6.07, 6.45) is 4.10. The minimum atomic E-state index is -0.209. The van der Waals surface area contributed by atoms with Gasteiger partial charge in [-0.1, -0.05) is 30.7 Å². The van der Waals surface area contributed by atoms with Gasteiger partial charge < -0.3 is 10.6 Å². The van der Waals surface area contributed by atoms with Gasteiger partial charge in [0.2, 0.25) is 0 Å². The third-order valence-electron chi connectivity index (χ3n) is 2.75. The average molecular weight is 290 g/mol. The molecule has 1 amide bonds. The minimum Gasteiger partial charge on any atom is -0.384 e. The summed E-state index contributed by atoms with van der Waals surface area (Å²) in [7, 11) is 0. The first-order chi connectivity index (χ1) is 9.72. The Morgan fingerprint density at radius 3 is 2.80 bits per heavy atom. The van der Waals surface area contributed by atoms with Gasteiger partial charge in [0, 0.05) is 18.4 Å². The quantitative estimate of drug-likeness (QED) is 0.880. The van der Waals surface area contributed by atoms with Crippen molar-refractivity contribution in [2.24, 2.45) is 0 Å². The van der Waals surface area contributed by atoms with E-state index in [9.17, 15) is 4.79 Å². The number of para-hydroxylation sites is 1. The largest absolute Gasteiger partial charge is 0.384 e. The zero-order valence-corrected chi connectivity index (χ0v) is 11.9. The van der Waals surface area contributed by atoms with Crippen LogP contribution in [-0.2, 0) is 0 Å². The third-order valence-corrected chi connectivity index (χ3v) is 3.08. The van der Waals surface area contributed by atoms with Crippen molar-refractivity contribution in [1.29, 1.82) is 0 Å². The van der Waals surface area contributed by atoms with Crippen molar-refractivity contribution >= 4 is 28.9 Å². The summed E-state index contributed by atoms with van der Waals surface area (Å²) in [6, 6.07) is 9.02. The van der Waals surface area contributed by atoms with E-state index in [2.05, 4.69) is 22.5 Å². The van der Waals surface area contributed by atoms with Gasteiger partial charge >= 0.3 is 0 Å². The van der Waals surface area contributed by atoms with Crippen molar-refractivity contribution in [1.82, 2.24) is 4.98 Å². The molecular weight excluding hydrogens is 274 g/mol. The normalized spacial score (nSPS) is 10.1. The Labute approximate surface area is 123 Å². The molecule has 1 aromatic carbocycles. The number of carbonyl (C=O) groups excluding carboxylic acids is 1. The highest BCUT2D eigenvalue weighted by Crippen LogP contribution is 2.22. The van der Waals surface area contributed by atoms with Crippen molar-refractivity contribution in [2.45, 2.75) is 13.3 Å². The maximum Gasteiger partial charge on any atom is 0.257 e. The van der Waals surface area contributed by atoms with Crippen molar-refractivity contribution in [3.63, 3.8) is 0 Å². The van der Waals surface area contributed by atoms with E-state index in [0.29, 0.717) is 16.3 Å². The first-order valence-electron chi connectivity index (χ1n) is 6.46. The lowest BCUT2D eigenvalue weighted by Crippen LogP contribution is -2.15. The van der Waals surface area contributed by atoms with Gasteiger partial charge in [0.15, 0.2) is 0 Å². The Balaban J connectivity index is 2.19. The summed E-state index contributed by atoms with van der Waals surface area (Å²) < 4.78 is 0. The molecule has 0 spiro atoms. The number of anilines is 2. The van der Waals surface area contributed by atoms with Gasteiger partial charge in [-0.25, -0.2) is 0 Å². The van der Waals surface area contributed by atoms with Crippen molar-refractivity contribution in [3.8, 4) is 0 Å². The topological polar surface area (TPSA) is 54.0 Å². The van der Waals surface area contributed by atoms with Crippen molar-refractivity contribution in [3.05, 3.63) is 53.3 Å². The predicted octanol–water partition coefficient (Wildman–Crippen LogP) is 3.81. The second-order valence-corrected chi connectivity index (χ2v) is 4.69. The highest BCUT2D eigenvalue weighted by molar-refractivity contribution is 6.33. The summed E-state index contributed by atoms with van der Waals surface area (Å²) in [5.74, 6) is -0.209. The fraction of sp³-hybridized carbons (Fsp3) is 0.200. The molecule has 2 rings (SSSR count). The molecule has 0 unspecified atom stereocenters. The number of benzene rings is 1. The summed E-state index contributed by atoms with van der Waals surface area (Å²) in [5, 5.41) is 6.47. The molecule has 5 heteroatoms. The molecule has 0 aliphatic heterocycles. The molecule has 0 aliphatic rings. The lowest BCUT2D eigenvalue weighted by molar-refractivity contribution is 0.102. The Morgan fingerprint density at radius 2 is 2.05 bits per heavy atom. The summed E-state index contributed by atoms with van der Waals surface area (Å²) >= 11 is 6.01. The molecule has 1 heterocycles. The molecule has 0 aliphatic carbocycles. The number of aromatic nitrogens is 1. The van der Waals surface area contributed by atoms with E-state index in [1.165, 1.54) is 6.20 Å². The summed E-state index contributed by atoms with van der Waals surface area (Å²) in [5.41, 5.74) is 1.90. The smallest absolute Gasteiger partial charge is 0.257 e. The number of halogens is 1. The highest BCUT2D eigenvalue weighted by Gasteiger charge is 2.12. The van der Waals surface area contributed by atoms with Crippen LogP contribution >= 0.6 is 11.6 Å². The fourth-order valence-corrected chi connectivity index (χ4v) is 1.91. The van der Waals surface area contributed by atoms with E-state index in [0.717, 1.165) is 18.7 Å². The Kier molecular flexibility index (Phi) is 4.96. The van der Waals surface area contributed by atoms with E-state index >= 15 is 0 Å². The molecule has 104 valence electrons. The fourth-order valence-electron chi connectivity index (χ4n) is 1.75. The monoisotopic (exact) mass is 289 g/mol. The van der Waals surface area contributed by atoms with Gasteiger partial charge in [-0.15, -0.1) is 0 Å². The Hall–Kier alpha value is -2.07. The van der Waals surface area contributed by atoms with E-state index in [1.54, 1.807) is 18.3 Å². The van der Waals surface area contributed by atoms with Gasteiger partial charge in [-0.3, -0.25) is 9.78 Å². The number of hydrogen-bond acceptors (Lipinski definition) is 3. The molecular formula is C15H16ClN3O. The van der Waals surface area contributed by atoms with Crippen LogP contribution in [0.1, 0.15) is 23.7 Å². The number of nitrogens with one attached hydrogen (secondary N) is 2. The molecule has 20 heavy (non-hydrogen) atoms. The molecule has 0 fully saturated rings. The van der Waals surface area contributed by atoms with Gasteiger partial charge in [0.05, 0.1) is 22.5 Å². The molecule has 2 N–H and O–H groups in total. The van der Waals surface area contributed by atoms with E-state index in [1.807, 2.05) is 18.2 Å². The summed E-state index contributed by atoms with van der Waals surface area (Å²) in [6.45, 7) is 2.89. The number of hydrogen-bond donors (Lipinski definition) is 2. The van der Waals surface area contributed by atoms with Crippen LogP contribution in [0.5, 0.6) is 0 Å². The molecule has 4 nitrogen and oxygen atoms in total.